The lowest BCUT2D eigenvalue weighted by Gasteiger charge is -2.10. The molecule has 0 N–H and O–H groups in total. The van der Waals surface area contributed by atoms with Gasteiger partial charge in [-0.25, -0.2) is 14.5 Å². The molecule has 4 aromatic rings. The molecule has 0 amide bonds. The molecule has 0 atom stereocenters. The zero-order chi connectivity index (χ0) is 21.4. The van der Waals surface area contributed by atoms with Crippen molar-refractivity contribution in [2.24, 2.45) is 0 Å². The van der Waals surface area contributed by atoms with Crippen LogP contribution in [0.4, 0.5) is 0 Å². The van der Waals surface area contributed by atoms with Crippen LogP contribution in [-0.4, -0.2) is 32.2 Å². The van der Waals surface area contributed by atoms with Crippen molar-refractivity contribution in [2.75, 3.05) is 7.11 Å². The van der Waals surface area contributed by atoms with Crippen molar-refractivity contribution in [2.45, 2.75) is 32.3 Å². The van der Waals surface area contributed by atoms with E-state index in [1.54, 1.807) is 26.6 Å². The van der Waals surface area contributed by atoms with Crippen LogP contribution in [0.15, 0.2) is 47.4 Å². The largest absolute Gasteiger partial charge is 0.493 e. The summed E-state index contributed by atoms with van der Waals surface area (Å²) in [6.45, 7) is -0.117. The Hall–Kier alpha value is -3.46. The van der Waals surface area contributed by atoms with Crippen molar-refractivity contribution in [1.82, 2.24) is 19.2 Å². The van der Waals surface area contributed by atoms with Crippen molar-refractivity contribution < 1.29 is 14.3 Å². The third-order valence-corrected chi connectivity index (χ3v) is 6.42. The first kappa shape index (κ1) is 19.5. The molecule has 1 aromatic carbocycles. The predicted octanol–water partition coefficient (Wildman–Crippen LogP) is 3.19. The van der Waals surface area contributed by atoms with Gasteiger partial charge in [-0.1, -0.05) is 18.2 Å². The molecule has 1 aliphatic carbocycles. The highest BCUT2D eigenvalue weighted by Crippen LogP contribution is 2.28. The van der Waals surface area contributed by atoms with E-state index in [4.69, 9.17) is 9.47 Å². The van der Waals surface area contributed by atoms with E-state index in [0.717, 1.165) is 37.1 Å². The van der Waals surface area contributed by atoms with E-state index in [2.05, 4.69) is 10.1 Å². The molecule has 0 saturated carbocycles. The van der Waals surface area contributed by atoms with Gasteiger partial charge in [0.2, 0.25) is 5.69 Å². The minimum atomic E-state index is -0.640. The second-order valence-corrected chi connectivity index (χ2v) is 8.35. The summed E-state index contributed by atoms with van der Waals surface area (Å²) >= 11 is 1.54. The fourth-order valence-corrected chi connectivity index (χ4v) is 5.02. The van der Waals surface area contributed by atoms with Gasteiger partial charge in [0, 0.05) is 16.6 Å². The fourth-order valence-electron chi connectivity index (χ4n) is 3.79. The quantitative estimate of drug-likeness (QED) is 0.447. The van der Waals surface area contributed by atoms with Crippen LogP contribution in [0.2, 0.25) is 0 Å². The number of thiazole rings is 1. The normalized spacial score (nSPS) is 13.2. The molecule has 0 saturated heterocycles. The summed E-state index contributed by atoms with van der Waals surface area (Å²) in [6, 6.07) is 10.8. The summed E-state index contributed by atoms with van der Waals surface area (Å²) in [5, 5.41) is 4.31. The Morgan fingerprint density at radius 2 is 2.00 bits per heavy atom. The summed E-state index contributed by atoms with van der Waals surface area (Å²) in [5.74, 6) is -0.331. The number of carbonyl (C=O) groups excluding carboxylic acids is 1. The maximum atomic E-state index is 12.7. The number of hydrogen-bond acceptors (Lipinski definition) is 7. The molecule has 8 nitrogen and oxygen atoms in total. The maximum Gasteiger partial charge on any atom is 0.363 e. The average Bonchev–Trinajstić information content (AvgIpc) is 3.40. The van der Waals surface area contributed by atoms with Gasteiger partial charge in [-0.05, 0) is 37.8 Å². The molecule has 31 heavy (non-hydrogen) atoms. The Balaban J connectivity index is 1.38. The molecule has 0 aliphatic heterocycles. The maximum absolute atomic E-state index is 12.7. The summed E-state index contributed by atoms with van der Waals surface area (Å²) in [6.07, 6.45) is 5.73. The third-order valence-electron chi connectivity index (χ3n) is 5.28. The minimum Gasteiger partial charge on any atom is -0.493 e. The van der Waals surface area contributed by atoms with Gasteiger partial charge >= 0.3 is 5.97 Å². The summed E-state index contributed by atoms with van der Waals surface area (Å²) < 4.78 is 14.0. The van der Waals surface area contributed by atoms with Gasteiger partial charge in [0.1, 0.15) is 6.61 Å². The van der Waals surface area contributed by atoms with Crippen LogP contribution in [0.5, 0.6) is 5.75 Å². The fraction of sp³-hybridized carbons (Fsp3) is 0.273. The van der Waals surface area contributed by atoms with Gasteiger partial charge in [0.25, 0.3) is 5.56 Å². The number of aryl methyl sites for hydroxylation is 2. The average molecular weight is 436 g/mol. The Morgan fingerprint density at radius 3 is 2.81 bits per heavy atom. The van der Waals surface area contributed by atoms with Crippen molar-refractivity contribution >= 4 is 22.3 Å². The highest BCUT2D eigenvalue weighted by Gasteiger charge is 2.22. The number of ether oxygens (including phenoxy) is 2. The van der Waals surface area contributed by atoms with Crippen LogP contribution in [0.25, 0.3) is 10.6 Å². The van der Waals surface area contributed by atoms with Crippen LogP contribution < -0.4 is 10.3 Å². The topological polar surface area (TPSA) is 87.7 Å². The predicted molar refractivity (Wildman–Crippen MR) is 115 cm³/mol. The molecule has 3 aromatic heterocycles. The van der Waals surface area contributed by atoms with Crippen LogP contribution in [0.3, 0.4) is 0 Å². The van der Waals surface area contributed by atoms with Crippen LogP contribution >= 0.6 is 11.3 Å². The molecule has 0 radical (unpaired) electrons. The molecule has 0 bridgehead atoms. The van der Waals surface area contributed by atoms with E-state index < -0.39 is 5.97 Å². The molecule has 5 rings (SSSR count). The van der Waals surface area contributed by atoms with Gasteiger partial charge in [0.05, 0.1) is 24.7 Å². The third kappa shape index (κ3) is 3.61. The first-order valence-corrected chi connectivity index (χ1v) is 10.8. The van der Waals surface area contributed by atoms with E-state index >= 15 is 0 Å². The van der Waals surface area contributed by atoms with Crippen LogP contribution in [0.1, 0.15) is 39.6 Å². The van der Waals surface area contributed by atoms with Gasteiger partial charge in [-0.3, -0.25) is 9.20 Å². The Kier molecular flexibility index (Phi) is 5.03. The number of hydrogen-bond donors (Lipinski definition) is 0. The zero-order valence-electron chi connectivity index (χ0n) is 16.9. The summed E-state index contributed by atoms with van der Waals surface area (Å²) in [7, 11) is 1.47. The first-order valence-electron chi connectivity index (χ1n) is 10.0. The van der Waals surface area contributed by atoms with E-state index in [9.17, 15) is 9.59 Å². The van der Waals surface area contributed by atoms with Gasteiger partial charge in [-0.15, -0.1) is 11.3 Å². The molecule has 158 valence electrons. The first-order chi connectivity index (χ1) is 15.1. The number of methoxy groups -OCH3 is 1. The van der Waals surface area contributed by atoms with Crippen molar-refractivity contribution in [3.05, 3.63) is 74.9 Å². The highest BCUT2D eigenvalue weighted by atomic mass is 32.1. The number of rotatable bonds is 5. The smallest absolute Gasteiger partial charge is 0.363 e. The Bertz CT molecular complexity index is 1320. The lowest BCUT2D eigenvalue weighted by Crippen LogP contribution is -2.18. The number of benzene rings is 1. The molecule has 9 heteroatoms. The van der Waals surface area contributed by atoms with Crippen molar-refractivity contribution in [3.63, 3.8) is 0 Å². The Labute approximate surface area is 181 Å². The molecule has 1 aliphatic rings. The number of fused-ring (bicyclic) bond motifs is 3. The second kappa shape index (κ2) is 7.99. The molecular weight excluding hydrogens is 416 g/mol. The lowest BCUT2D eigenvalue weighted by molar-refractivity contribution is 0.0456. The summed E-state index contributed by atoms with van der Waals surface area (Å²) in [4.78, 5) is 31.7. The van der Waals surface area contributed by atoms with Gasteiger partial charge < -0.3 is 9.47 Å². The van der Waals surface area contributed by atoms with E-state index in [0.29, 0.717) is 16.4 Å². The number of esters is 1. The van der Waals surface area contributed by atoms with Crippen LogP contribution in [-0.2, 0) is 24.2 Å². The molecule has 3 heterocycles. The monoisotopic (exact) mass is 436 g/mol. The van der Waals surface area contributed by atoms with E-state index in [-0.39, 0.29) is 17.9 Å². The van der Waals surface area contributed by atoms with E-state index in [1.165, 1.54) is 18.1 Å². The molecule has 0 unspecified atom stereocenters. The van der Waals surface area contributed by atoms with Crippen molar-refractivity contribution in [1.29, 1.82) is 0 Å². The van der Waals surface area contributed by atoms with Gasteiger partial charge in [-0.2, -0.15) is 5.10 Å². The molecule has 0 spiro atoms. The standard InChI is InChI=1S/C22H20N4O4S/c1-29-17-12-25(15-7-3-2-4-8-15)24-20(17)21(28)30-13-14-11-19(27)26-16-9-5-6-10-18(16)31-22(26)23-14/h2-4,7-8,11-12H,5-6,9-10,13H2,1H3. The van der Waals surface area contributed by atoms with Crippen LogP contribution in [0, 0.1) is 0 Å². The highest BCUT2D eigenvalue weighted by molar-refractivity contribution is 7.17. The summed E-state index contributed by atoms with van der Waals surface area (Å²) in [5.41, 5.74) is 2.21. The number of aromatic nitrogens is 4. The van der Waals surface area contributed by atoms with Crippen molar-refractivity contribution in [3.8, 4) is 11.4 Å². The number of nitrogens with zero attached hydrogens (tertiary/aromatic N) is 4. The Morgan fingerprint density at radius 1 is 1.19 bits per heavy atom. The second-order valence-electron chi connectivity index (χ2n) is 7.29. The molecular formula is C22H20N4O4S. The zero-order valence-corrected chi connectivity index (χ0v) is 17.7. The van der Waals surface area contributed by atoms with Gasteiger partial charge in [0.15, 0.2) is 10.7 Å². The lowest BCUT2D eigenvalue weighted by atomic mass is 10.0. The molecule has 0 fully saturated rings. The SMILES string of the molecule is COc1cn(-c2ccccc2)nc1C(=O)OCc1cc(=O)n2c3c(sc2n1)CCCC3. The number of carbonyl (C=O) groups is 1. The van der Waals surface area contributed by atoms with E-state index in [1.807, 2.05) is 30.3 Å². The minimum absolute atomic E-state index is 0.0655. The number of para-hydroxylation sites is 1.